The molecule has 0 radical (unpaired) electrons. The monoisotopic (exact) mass is 321 g/mol. The maximum atomic E-state index is 13.3. The second-order valence-corrected chi connectivity index (χ2v) is 5.60. The van der Waals surface area contributed by atoms with Crippen molar-refractivity contribution in [2.45, 2.75) is 18.6 Å². The van der Waals surface area contributed by atoms with Crippen LogP contribution in [0.4, 0.5) is 4.39 Å². The van der Waals surface area contributed by atoms with Gasteiger partial charge >= 0.3 is 0 Å². The van der Waals surface area contributed by atoms with Crippen LogP contribution in [0.5, 0.6) is 5.75 Å². The zero-order valence-electron chi connectivity index (χ0n) is 10.1. The first-order valence-electron chi connectivity index (χ1n) is 6.10. The van der Waals surface area contributed by atoms with E-state index in [0.29, 0.717) is 12.2 Å². The molecule has 1 aliphatic heterocycles. The number of benzene rings is 2. The fourth-order valence-corrected chi connectivity index (χ4v) is 2.80. The highest BCUT2D eigenvalue weighted by molar-refractivity contribution is 9.10. The average Bonchev–Trinajstić information content (AvgIpc) is 2.38. The summed E-state index contributed by atoms with van der Waals surface area (Å²) in [5, 5.41) is 0. The van der Waals surface area contributed by atoms with Gasteiger partial charge in [0, 0.05) is 28.6 Å². The predicted octanol–water partition coefficient (Wildman–Crippen LogP) is 4.11. The topological polar surface area (TPSA) is 35.2 Å². The fraction of sp³-hybridized carbons (Fsp3) is 0.200. The van der Waals surface area contributed by atoms with Crippen LogP contribution in [0.1, 0.15) is 29.7 Å². The van der Waals surface area contributed by atoms with Gasteiger partial charge in [-0.1, -0.05) is 34.1 Å². The molecule has 2 aromatic rings. The third-order valence-electron chi connectivity index (χ3n) is 3.33. The summed E-state index contributed by atoms with van der Waals surface area (Å²) >= 11 is 3.44. The van der Waals surface area contributed by atoms with Crippen LogP contribution in [-0.2, 0) is 0 Å². The van der Waals surface area contributed by atoms with Crippen molar-refractivity contribution in [1.82, 2.24) is 0 Å². The Hall–Kier alpha value is -1.39. The third-order valence-corrected chi connectivity index (χ3v) is 3.83. The summed E-state index contributed by atoms with van der Waals surface area (Å²) in [5.74, 6) is 0.240. The Bertz CT molecular complexity index is 617. The fourth-order valence-electron chi connectivity index (χ4n) is 2.39. The Morgan fingerprint density at radius 2 is 2.05 bits per heavy atom. The van der Waals surface area contributed by atoms with Crippen LogP contribution in [0.3, 0.4) is 0 Å². The summed E-state index contributed by atoms with van der Waals surface area (Å²) in [6, 6.07) is 12.3. The lowest BCUT2D eigenvalue weighted by Gasteiger charge is -2.30. The summed E-state index contributed by atoms with van der Waals surface area (Å²) in [6.45, 7) is 0. The van der Waals surface area contributed by atoms with Gasteiger partial charge in [-0.05, 0) is 23.8 Å². The van der Waals surface area contributed by atoms with Gasteiger partial charge in [-0.2, -0.15) is 0 Å². The van der Waals surface area contributed by atoms with Crippen molar-refractivity contribution >= 4 is 15.9 Å². The molecule has 2 aromatic carbocycles. The summed E-state index contributed by atoms with van der Waals surface area (Å²) in [6.07, 6.45) is 0.552. The first-order chi connectivity index (χ1) is 9.13. The SMILES string of the molecule is N[C@@H]1CC(c2cccc(Br)c2)Oc2cc(F)ccc21. The van der Waals surface area contributed by atoms with Gasteiger partial charge in [-0.3, -0.25) is 0 Å². The van der Waals surface area contributed by atoms with E-state index in [0.717, 1.165) is 15.6 Å². The number of nitrogens with two attached hydrogens (primary N) is 1. The van der Waals surface area contributed by atoms with E-state index in [4.69, 9.17) is 10.5 Å². The van der Waals surface area contributed by atoms with Gasteiger partial charge in [-0.25, -0.2) is 4.39 Å². The van der Waals surface area contributed by atoms with E-state index in [1.165, 1.54) is 12.1 Å². The predicted molar refractivity (Wildman–Crippen MR) is 75.5 cm³/mol. The smallest absolute Gasteiger partial charge is 0.127 e. The highest BCUT2D eigenvalue weighted by Crippen LogP contribution is 2.40. The van der Waals surface area contributed by atoms with Crippen molar-refractivity contribution in [2.75, 3.05) is 0 Å². The summed E-state index contributed by atoms with van der Waals surface area (Å²) in [7, 11) is 0. The molecule has 0 amide bonds. The van der Waals surface area contributed by atoms with Crippen LogP contribution in [0.2, 0.25) is 0 Å². The van der Waals surface area contributed by atoms with Crippen LogP contribution in [0.15, 0.2) is 46.9 Å². The molecule has 98 valence electrons. The van der Waals surface area contributed by atoms with Crippen molar-refractivity contribution < 1.29 is 9.13 Å². The minimum atomic E-state index is -0.305. The minimum Gasteiger partial charge on any atom is -0.485 e. The molecule has 0 saturated heterocycles. The molecule has 1 unspecified atom stereocenters. The van der Waals surface area contributed by atoms with Gasteiger partial charge < -0.3 is 10.5 Å². The Morgan fingerprint density at radius 3 is 2.84 bits per heavy atom. The summed E-state index contributed by atoms with van der Waals surface area (Å²) in [4.78, 5) is 0. The largest absolute Gasteiger partial charge is 0.485 e. The summed E-state index contributed by atoms with van der Waals surface area (Å²) < 4.78 is 20.2. The number of fused-ring (bicyclic) bond motifs is 1. The molecule has 0 aromatic heterocycles. The van der Waals surface area contributed by atoms with Gasteiger partial charge in [0.05, 0.1) is 0 Å². The van der Waals surface area contributed by atoms with E-state index in [2.05, 4.69) is 15.9 Å². The van der Waals surface area contributed by atoms with E-state index in [1.54, 1.807) is 6.07 Å². The van der Waals surface area contributed by atoms with Crippen molar-refractivity contribution in [1.29, 1.82) is 0 Å². The second-order valence-electron chi connectivity index (χ2n) is 4.69. The third kappa shape index (κ3) is 2.51. The molecular weight excluding hydrogens is 309 g/mol. The van der Waals surface area contributed by atoms with Crippen LogP contribution >= 0.6 is 15.9 Å². The molecule has 0 fully saturated rings. The first-order valence-corrected chi connectivity index (χ1v) is 6.90. The Kier molecular flexibility index (Phi) is 3.29. The molecule has 2 nitrogen and oxygen atoms in total. The van der Waals surface area contributed by atoms with Gasteiger partial charge in [0.2, 0.25) is 0 Å². The number of hydrogen-bond donors (Lipinski definition) is 1. The van der Waals surface area contributed by atoms with Gasteiger partial charge in [0.25, 0.3) is 0 Å². The summed E-state index contributed by atoms with van der Waals surface area (Å²) in [5.41, 5.74) is 8.06. The standard InChI is InChI=1S/C15H13BrFNO/c16-10-3-1-2-9(6-10)14-8-13(18)12-5-4-11(17)7-15(12)19-14/h1-7,13-14H,8,18H2/t13-,14?/m1/s1. The molecule has 19 heavy (non-hydrogen) atoms. The molecule has 2 N–H and O–H groups in total. The Morgan fingerprint density at radius 1 is 1.21 bits per heavy atom. The zero-order chi connectivity index (χ0) is 13.4. The molecule has 0 bridgehead atoms. The Labute approximate surface area is 119 Å². The molecule has 1 heterocycles. The first kappa shape index (κ1) is 12.6. The highest BCUT2D eigenvalue weighted by Gasteiger charge is 2.27. The number of halogens is 2. The molecule has 1 aliphatic rings. The molecule has 0 spiro atoms. The lowest BCUT2D eigenvalue weighted by molar-refractivity contribution is 0.160. The zero-order valence-corrected chi connectivity index (χ0v) is 11.7. The van der Waals surface area contributed by atoms with E-state index in [9.17, 15) is 4.39 Å². The minimum absolute atomic E-state index is 0.131. The highest BCUT2D eigenvalue weighted by atomic mass is 79.9. The van der Waals surface area contributed by atoms with Crippen LogP contribution < -0.4 is 10.5 Å². The van der Waals surface area contributed by atoms with Crippen molar-refractivity contribution in [3.05, 3.63) is 63.9 Å². The van der Waals surface area contributed by atoms with Gasteiger partial charge in [0.15, 0.2) is 0 Å². The average molecular weight is 322 g/mol. The van der Waals surface area contributed by atoms with E-state index < -0.39 is 0 Å². The normalized spacial score (nSPS) is 21.6. The lowest BCUT2D eigenvalue weighted by atomic mass is 9.93. The maximum absolute atomic E-state index is 13.3. The Balaban J connectivity index is 1.96. The quantitative estimate of drug-likeness (QED) is 0.857. The van der Waals surface area contributed by atoms with Crippen LogP contribution in [0.25, 0.3) is 0 Å². The van der Waals surface area contributed by atoms with E-state index in [-0.39, 0.29) is 18.0 Å². The molecule has 3 rings (SSSR count). The van der Waals surface area contributed by atoms with Crippen molar-refractivity contribution in [3.8, 4) is 5.75 Å². The number of rotatable bonds is 1. The lowest BCUT2D eigenvalue weighted by Crippen LogP contribution is -2.24. The number of ether oxygens (including phenoxy) is 1. The molecule has 0 aliphatic carbocycles. The van der Waals surface area contributed by atoms with Gasteiger partial charge in [-0.15, -0.1) is 0 Å². The molecular formula is C15H13BrFNO. The van der Waals surface area contributed by atoms with Crippen molar-refractivity contribution in [3.63, 3.8) is 0 Å². The maximum Gasteiger partial charge on any atom is 0.127 e. The van der Waals surface area contributed by atoms with E-state index in [1.807, 2.05) is 24.3 Å². The second kappa shape index (κ2) is 4.94. The molecule has 2 atom stereocenters. The van der Waals surface area contributed by atoms with Crippen molar-refractivity contribution in [2.24, 2.45) is 5.73 Å². The van der Waals surface area contributed by atoms with Crippen LogP contribution in [0, 0.1) is 5.82 Å². The molecule has 0 saturated carbocycles. The van der Waals surface area contributed by atoms with Crippen LogP contribution in [-0.4, -0.2) is 0 Å². The van der Waals surface area contributed by atoms with Gasteiger partial charge in [0.1, 0.15) is 17.7 Å². The molecule has 4 heteroatoms. The number of hydrogen-bond acceptors (Lipinski definition) is 2. The van der Waals surface area contributed by atoms with E-state index >= 15 is 0 Å².